The summed E-state index contributed by atoms with van der Waals surface area (Å²) in [6.45, 7) is 3.89. The Morgan fingerprint density at radius 2 is 2.04 bits per heavy atom. The number of H-pyrrole nitrogens is 1. The van der Waals surface area contributed by atoms with Crippen molar-refractivity contribution in [1.29, 1.82) is 0 Å². The van der Waals surface area contributed by atoms with E-state index in [0.717, 1.165) is 11.3 Å². The van der Waals surface area contributed by atoms with Crippen LogP contribution in [-0.2, 0) is 11.4 Å². The molecule has 0 bridgehead atoms. The van der Waals surface area contributed by atoms with Gasteiger partial charge in [0.2, 0.25) is 11.1 Å². The number of anilines is 1. The summed E-state index contributed by atoms with van der Waals surface area (Å²) in [5, 5.41) is 9.95. The van der Waals surface area contributed by atoms with Crippen molar-refractivity contribution in [3.63, 3.8) is 0 Å². The predicted molar refractivity (Wildman–Crippen MR) is 102 cm³/mol. The molecule has 3 rings (SSSR count). The number of rotatable bonds is 7. The number of carbonyl (C=O) groups is 1. The summed E-state index contributed by atoms with van der Waals surface area (Å²) < 4.78 is 19.2. The number of hydrogen-bond acceptors (Lipinski definition) is 5. The second-order valence-electron chi connectivity index (χ2n) is 5.92. The molecule has 27 heavy (non-hydrogen) atoms. The van der Waals surface area contributed by atoms with Crippen LogP contribution >= 0.6 is 11.8 Å². The summed E-state index contributed by atoms with van der Waals surface area (Å²) in [4.78, 5) is 16.3. The first-order valence-corrected chi connectivity index (χ1v) is 9.28. The largest absolute Gasteiger partial charge is 0.485 e. The second kappa shape index (κ2) is 8.68. The lowest BCUT2D eigenvalue weighted by atomic mass is 10.2. The molecule has 0 aliphatic rings. The van der Waals surface area contributed by atoms with Crippen LogP contribution in [0.2, 0.25) is 0 Å². The molecule has 2 N–H and O–H groups in total. The maximum atomic E-state index is 13.5. The van der Waals surface area contributed by atoms with Crippen molar-refractivity contribution in [2.45, 2.75) is 25.6 Å². The highest BCUT2D eigenvalue weighted by Gasteiger charge is 2.10. The zero-order chi connectivity index (χ0) is 19.2. The Labute approximate surface area is 160 Å². The summed E-state index contributed by atoms with van der Waals surface area (Å²) in [7, 11) is 0. The van der Waals surface area contributed by atoms with Crippen LogP contribution in [0.25, 0.3) is 0 Å². The van der Waals surface area contributed by atoms with Gasteiger partial charge in [0.1, 0.15) is 18.2 Å². The molecule has 0 atom stereocenters. The molecule has 140 valence electrons. The first kappa shape index (κ1) is 18.9. The molecule has 2 aromatic carbocycles. The lowest BCUT2D eigenvalue weighted by Crippen LogP contribution is -2.14. The van der Waals surface area contributed by atoms with E-state index in [1.165, 1.54) is 17.8 Å². The van der Waals surface area contributed by atoms with Gasteiger partial charge in [-0.1, -0.05) is 36.0 Å². The summed E-state index contributed by atoms with van der Waals surface area (Å²) >= 11 is 1.19. The third-order valence-corrected chi connectivity index (χ3v) is 4.60. The number of ether oxygens (including phenoxy) is 1. The Morgan fingerprint density at radius 3 is 2.81 bits per heavy atom. The van der Waals surface area contributed by atoms with Crippen molar-refractivity contribution < 1.29 is 13.9 Å². The van der Waals surface area contributed by atoms with E-state index < -0.39 is 0 Å². The quantitative estimate of drug-likeness (QED) is 0.603. The molecule has 0 aliphatic heterocycles. The smallest absolute Gasteiger partial charge is 0.234 e. The lowest BCUT2D eigenvalue weighted by Gasteiger charge is -2.06. The Balaban J connectivity index is 1.48. The van der Waals surface area contributed by atoms with Crippen LogP contribution in [0.4, 0.5) is 10.1 Å². The van der Waals surface area contributed by atoms with Gasteiger partial charge in [-0.3, -0.25) is 9.89 Å². The van der Waals surface area contributed by atoms with E-state index in [0.29, 0.717) is 22.2 Å². The molecule has 8 heteroatoms. The maximum absolute atomic E-state index is 13.5. The number of carbonyl (C=O) groups excluding carboxylic acids is 1. The van der Waals surface area contributed by atoms with E-state index in [-0.39, 0.29) is 24.1 Å². The molecule has 1 aromatic heterocycles. The fourth-order valence-electron chi connectivity index (χ4n) is 2.27. The molecule has 0 fully saturated rings. The predicted octanol–water partition coefficient (Wildman–Crippen LogP) is 3.87. The Morgan fingerprint density at radius 1 is 1.22 bits per heavy atom. The molecule has 1 amide bonds. The van der Waals surface area contributed by atoms with Crippen molar-refractivity contribution in [2.75, 3.05) is 11.1 Å². The van der Waals surface area contributed by atoms with Gasteiger partial charge in [-0.05, 0) is 43.2 Å². The molecule has 0 saturated carbocycles. The minimum Gasteiger partial charge on any atom is -0.485 e. The first-order chi connectivity index (χ1) is 13.0. The number of para-hydroxylation sites is 1. The average molecular weight is 386 g/mol. The van der Waals surface area contributed by atoms with Crippen molar-refractivity contribution in [3.8, 4) is 5.75 Å². The number of nitrogens with zero attached hydrogens (tertiary/aromatic N) is 2. The third kappa shape index (κ3) is 5.30. The SMILES string of the molecule is Cc1ccc(NC(=O)CSc2n[nH]c(COc3ccccc3C)n2)cc1F. The molecule has 0 aliphatic carbocycles. The zero-order valence-electron chi connectivity index (χ0n) is 15.0. The minimum absolute atomic E-state index is 0.117. The minimum atomic E-state index is -0.354. The number of halogens is 1. The molecular formula is C19H19FN4O2S. The van der Waals surface area contributed by atoms with E-state index >= 15 is 0 Å². The molecule has 0 saturated heterocycles. The van der Waals surface area contributed by atoms with E-state index in [2.05, 4.69) is 20.5 Å². The molecule has 3 aromatic rings. The molecule has 1 heterocycles. The van der Waals surface area contributed by atoms with E-state index in [9.17, 15) is 9.18 Å². The van der Waals surface area contributed by atoms with Gasteiger partial charge in [0.15, 0.2) is 5.82 Å². The van der Waals surface area contributed by atoms with Crippen molar-refractivity contribution in [3.05, 3.63) is 65.2 Å². The number of benzene rings is 2. The molecule has 0 radical (unpaired) electrons. The number of aromatic nitrogens is 3. The number of thioether (sulfide) groups is 1. The van der Waals surface area contributed by atoms with Crippen molar-refractivity contribution in [2.24, 2.45) is 0 Å². The van der Waals surface area contributed by atoms with Crippen LogP contribution in [0.15, 0.2) is 47.6 Å². The van der Waals surface area contributed by atoms with E-state index in [1.54, 1.807) is 19.1 Å². The topological polar surface area (TPSA) is 79.9 Å². The highest BCUT2D eigenvalue weighted by Crippen LogP contribution is 2.19. The fourth-order valence-corrected chi connectivity index (χ4v) is 2.89. The highest BCUT2D eigenvalue weighted by molar-refractivity contribution is 7.99. The van der Waals surface area contributed by atoms with Crippen LogP contribution in [0.5, 0.6) is 5.75 Å². The maximum Gasteiger partial charge on any atom is 0.234 e. The number of aryl methyl sites for hydroxylation is 2. The summed E-state index contributed by atoms with van der Waals surface area (Å²) in [6, 6.07) is 12.3. The van der Waals surface area contributed by atoms with Gasteiger partial charge < -0.3 is 10.1 Å². The van der Waals surface area contributed by atoms with Crippen molar-refractivity contribution >= 4 is 23.4 Å². The van der Waals surface area contributed by atoms with Crippen LogP contribution in [0, 0.1) is 19.7 Å². The Kier molecular flexibility index (Phi) is 6.08. The zero-order valence-corrected chi connectivity index (χ0v) is 15.8. The van der Waals surface area contributed by atoms with Gasteiger partial charge in [0, 0.05) is 5.69 Å². The summed E-state index contributed by atoms with van der Waals surface area (Å²) in [5.41, 5.74) is 1.99. The van der Waals surface area contributed by atoms with Gasteiger partial charge in [-0.25, -0.2) is 9.37 Å². The Hall–Kier alpha value is -2.87. The number of nitrogens with one attached hydrogen (secondary N) is 2. The van der Waals surface area contributed by atoms with Gasteiger partial charge in [-0.2, -0.15) is 0 Å². The number of hydrogen-bond donors (Lipinski definition) is 2. The van der Waals surface area contributed by atoms with E-state index in [4.69, 9.17) is 4.74 Å². The van der Waals surface area contributed by atoms with Gasteiger partial charge >= 0.3 is 0 Å². The van der Waals surface area contributed by atoms with Gasteiger partial charge in [0.25, 0.3) is 0 Å². The number of amides is 1. The van der Waals surface area contributed by atoms with Crippen LogP contribution < -0.4 is 10.1 Å². The summed E-state index contributed by atoms with van der Waals surface area (Å²) in [6.07, 6.45) is 0. The molecule has 0 unspecified atom stereocenters. The van der Waals surface area contributed by atoms with E-state index in [1.807, 2.05) is 31.2 Å². The standard InChI is InChI=1S/C19H19FN4O2S/c1-12-7-8-14(9-15(12)20)21-18(25)11-27-19-22-17(23-24-19)10-26-16-6-4-3-5-13(16)2/h3-9H,10-11H2,1-2H3,(H,21,25)(H,22,23,24). The monoisotopic (exact) mass is 386 g/mol. The van der Waals surface area contributed by atoms with Gasteiger partial charge in [-0.15, -0.1) is 5.10 Å². The normalized spacial score (nSPS) is 10.6. The average Bonchev–Trinajstić information content (AvgIpc) is 3.10. The Bertz CT molecular complexity index is 945. The van der Waals surface area contributed by atoms with Crippen LogP contribution in [0.3, 0.4) is 0 Å². The molecular weight excluding hydrogens is 367 g/mol. The molecule has 0 spiro atoms. The van der Waals surface area contributed by atoms with Crippen LogP contribution in [-0.4, -0.2) is 26.8 Å². The van der Waals surface area contributed by atoms with Crippen molar-refractivity contribution in [1.82, 2.24) is 15.2 Å². The van der Waals surface area contributed by atoms with Crippen LogP contribution in [0.1, 0.15) is 17.0 Å². The second-order valence-corrected chi connectivity index (χ2v) is 6.86. The number of aromatic amines is 1. The highest BCUT2D eigenvalue weighted by atomic mass is 32.2. The summed E-state index contributed by atoms with van der Waals surface area (Å²) in [5.74, 6) is 0.860. The third-order valence-electron chi connectivity index (χ3n) is 3.76. The molecule has 6 nitrogen and oxygen atoms in total. The van der Waals surface area contributed by atoms with Gasteiger partial charge in [0.05, 0.1) is 5.75 Å². The fraction of sp³-hybridized carbons (Fsp3) is 0.211. The first-order valence-electron chi connectivity index (χ1n) is 8.30. The lowest BCUT2D eigenvalue weighted by molar-refractivity contribution is -0.113.